The zero-order chi connectivity index (χ0) is 20.0. The lowest BCUT2D eigenvalue weighted by atomic mass is 10.0. The first-order valence-electron chi connectivity index (χ1n) is 8.68. The second-order valence-electron chi connectivity index (χ2n) is 6.67. The van der Waals surface area contributed by atoms with Crippen LogP contribution in [0.5, 0.6) is 5.75 Å². The fraction of sp³-hybridized carbons (Fsp3) is 0.500. The largest absolute Gasteiger partial charge is 0.497 e. The van der Waals surface area contributed by atoms with Gasteiger partial charge in [0.05, 0.1) is 25.0 Å². The van der Waals surface area contributed by atoms with Crippen molar-refractivity contribution in [2.75, 3.05) is 33.0 Å². The van der Waals surface area contributed by atoms with Crippen LogP contribution in [0, 0.1) is 0 Å². The molecule has 150 valence electrons. The van der Waals surface area contributed by atoms with Crippen molar-refractivity contribution in [2.45, 2.75) is 25.0 Å². The van der Waals surface area contributed by atoms with Crippen molar-refractivity contribution in [1.29, 1.82) is 0 Å². The normalized spacial score (nSPS) is 17.2. The van der Waals surface area contributed by atoms with Crippen molar-refractivity contribution in [1.82, 2.24) is 9.88 Å². The Hall–Kier alpha value is -1.78. The Balaban J connectivity index is 0.000000465. The van der Waals surface area contributed by atoms with E-state index in [4.69, 9.17) is 15.0 Å². The number of ether oxygens (including phenoxy) is 1. The number of hydrogen-bond donors (Lipinski definition) is 3. The summed E-state index contributed by atoms with van der Waals surface area (Å²) in [5.74, 6) is 0.776. The Kier molecular flexibility index (Phi) is 7.51. The zero-order valence-corrected chi connectivity index (χ0v) is 16.4. The lowest BCUT2D eigenvalue weighted by Crippen LogP contribution is -2.41. The number of hydrogen-bond acceptors (Lipinski definition) is 7. The third-order valence-electron chi connectivity index (χ3n) is 4.40. The Labute approximate surface area is 159 Å². The third-order valence-corrected chi connectivity index (χ3v) is 4.40. The molecule has 0 unspecified atom stereocenters. The first kappa shape index (κ1) is 21.5. The number of nitrogens with zero attached hydrogens (tertiary/aromatic N) is 2. The molecule has 1 atom stereocenters. The number of fused-ring (bicyclic) bond motifs is 1. The van der Waals surface area contributed by atoms with Crippen LogP contribution >= 0.6 is 0 Å². The molecule has 1 aliphatic heterocycles. The van der Waals surface area contributed by atoms with Crippen molar-refractivity contribution < 1.29 is 22.8 Å². The second kappa shape index (κ2) is 9.43. The number of rotatable bonds is 4. The number of nitrogens with two attached hydrogens (primary N) is 1. The molecule has 1 aromatic carbocycles. The molecule has 2 heterocycles. The van der Waals surface area contributed by atoms with E-state index in [0.29, 0.717) is 18.8 Å². The summed E-state index contributed by atoms with van der Waals surface area (Å²) in [6, 6.07) is 7.94. The van der Waals surface area contributed by atoms with E-state index in [1.807, 2.05) is 24.3 Å². The first-order valence-corrected chi connectivity index (χ1v) is 10.5. The number of aliphatic hydroxyl groups is 1. The smallest absolute Gasteiger partial charge is 0.261 e. The van der Waals surface area contributed by atoms with E-state index in [1.165, 1.54) is 0 Å². The molecule has 1 aliphatic rings. The summed E-state index contributed by atoms with van der Waals surface area (Å²) in [6.07, 6.45) is 3.92. The van der Waals surface area contributed by atoms with E-state index >= 15 is 0 Å². The summed E-state index contributed by atoms with van der Waals surface area (Å²) in [5, 5.41) is 11.6. The number of benzene rings is 1. The molecule has 27 heavy (non-hydrogen) atoms. The summed E-state index contributed by atoms with van der Waals surface area (Å²) >= 11 is 0. The van der Waals surface area contributed by atoms with Gasteiger partial charge in [0.1, 0.15) is 5.75 Å². The molecule has 0 amide bonds. The Morgan fingerprint density at radius 1 is 1.33 bits per heavy atom. The Morgan fingerprint density at radius 3 is 2.56 bits per heavy atom. The summed E-state index contributed by atoms with van der Waals surface area (Å²) in [5.41, 5.74) is 7.71. The standard InChI is InChI=1S/C17H23N3O2.CH4O3S/c1-22-13-2-3-16-15(10-13)14(4-7-19-16)17(21)11-20-8-5-12(18)6-9-20;1-5(2,3)4/h2-4,7,10,12,17,21H,5-6,8-9,11,18H2,1H3;1H3,(H,2,3,4)/t17-;/m0./s1. The van der Waals surface area contributed by atoms with Gasteiger partial charge < -0.3 is 20.5 Å². The zero-order valence-electron chi connectivity index (χ0n) is 15.6. The average Bonchev–Trinajstić information content (AvgIpc) is 2.61. The number of β-amino-alcohol motifs (C(OH)–C–C–N with tert-alkyl or cyclic N) is 1. The van der Waals surface area contributed by atoms with E-state index in [-0.39, 0.29) is 0 Å². The van der Waals surface area contributed by atoms with Gasteiger partial charge in [0.2, 0.25) is 0 Å². The van der Waals surface area contributed by atoms with E-state index in [1.54, 1.807) is 13.3 Å². The van der Waals surface area contributed by atoms with Crippen LogP contribution in [0.3, 0.4) is 0 Å². The molecule has 0 radical (unpaired) electrons. The molecule has 3 rings (SSSR count). The highest BCUT2D eigenvalue weighted by Gasteiger charge is 2.20. The number of aromatic nitrogens is 1. The van der Waals surface area contributed by atoms with Gasteiger partial charge in [-0.25, -0.2) is 0 Å². The minimum atomic E-state index is -3.67. The maximum Gasteiger partial charge on any atom is 0.261 e. The van der Waals surface area contributed by atoms with Crippen LogP contribution in [0.2, 0.25) is 0 Å². The molecule has 9 heteroatoms. The SMILES string of the molecule is COc1ccc2nccc([C@@H](O)CN3CCC(N)CC3)c2c1.CS(=O)(=O)O. The van der Waals surface area contributed by atoms with Gasteiger partial charge >= 0.3 is 0 Å². The highest BCUT2D eigenvalue weighted by Crippen LogP contribution is 2.27. The van der Waals surface area contributed by atoms with Crippen LogP contribution in [0.15, 0.2) is 30.5 Å². The van der Waals surface area contributed by atoms with E-state index in [0.717, 1.165) is 48.1 Å². The van der Waals surface area contributed by atoms with Gasteiger partial charge in [-0.1, -0.05) is 0 Å². The third kappa shape index (κ3) is 7.04. The highest BCUT2D eigenvalue weighted by molar-refractivity contribution is 7.85. The second-order valence-corrected chi connectivity index (χ2v) is 8.14. The van der Waals surface area contributed by atoms with Gasteiger partial charge in [-0.3, -0.25) is 9.54 Å². The van der Waals surface area contributed by atoms with Gasteiger partial charge in [0, 0.05) is 24.2 Å². The molecule has 1 fully saturated rings. The Bertz CT molecular complexity index is 843. The van der Waals surface area contributed by atoms with Gasteiger partial charge in [-0.05, 0) is 55.8 Å². The summed E-state index contributed by atoms with van der Waals surface area (Å²) in [6.45, 7) is 2.53. The van der Waals surface area contributed by atoms with Crippen molar-refractivity contribution >= 4 is 21.0 Å². The minimum Gasteiger partial charge on any atom is -0.497 e. The summed E-state index contributed by atoms with van der Waals surface area (Å²) in [7, 11) is -2.02. The molecule has 0 saturated carbocycles. The lowest BCUT2D eigenvalue weighted by Gasteiger charge is -2.31. The summed E-state index contributed by atoms with van der Waals surface area (Å²) in [4.78, 5) is 6.64. The number of aliphatic hydroxyl groups excluding tert-OH is 1. The molecule has 8 nitrogen and oxygen atoms in total. The van der Waals surface area contributed by atoms with E-state index < -0.39 is 16.2 Å². The molecule has 1 saturated heterocycles. The lowest BCUT2D eigenvalue weighted by molar-refractivity contribution is 0.0986. The molecular formula is C18H27N3O5S. The van der Waals surface area contributed by atoms with E-state index in [2.05, 4.69) is 9.88 Å². The monoisotopic (exact) mass is 397 g/mol. The molecular weight excluding hydrogens is 370 g/mol. The number of likely N-dealkylation sites (tertiary alicyclic amines) is 1. The number of piperidine rings is 1. The van der Waals surface area contributed by atoms with Crippen LogP contribution in [0.25, 0.3) is 10.9 Å². The first-order chi connectivity index (χ1) is 12.7. The highest BCUT2D eigenvalue weighted by atomic mass is 32.2. The van der Waals surface area contributed by atoms with Crippen LogP contribution in [-0.2, 0) is 10.1 Å². The number of methoxy groups -OCH3 is 1. The van der Waals surface area contributed by atoms with Gasteiger partial charge in [0.25, 0.3) is 10.1 Å². The molecule has 0 spiro atoms. The summed E-state index contributed by atoms with van der Waals surface area (Å²) < 4.78 is 31.2. The van der Waals surface area contributed by atoms with Crippen LogP contribution in [0.4, 0.5) is 0 Å². The minimum absolute atomic E-state index is 0.305. The van der Waals surface area contributed by atoms with Crippen LogP contribution < -0.4 is 10.5 Å². The molecule has 1 aromatic heterocycles. The van der Waals surface area contributed by atoms with Crippen molar-refractivity contribution in [3.63, 3.8) is 0 Å². The maximum absolute atomic E-state index is 10.7. The maximum atomic E-state index is 10.7. The van der Waals surface area contributed by atoms with Gasteiger partial charge in [0.15, 0.2) is 0 Å². The van der Waals surface area contributed by atoms with Crippen molar-refractivity contribution in [3.05, 3.63) is 36.0 Å². The number of pyridine rings is 1. The fourth-order valence-corrected chi connectivity index (χ4v) is 3.04. The fourth-order valence-electron chi connectivity index (χ4n) is 3.04. The molecule has 0 aliphatic carbocycles. The van der Waals surface area contributed by atoms with Crippen LogP contribution in [0.1, 0.15) is 24.5 Å². The van der Waals surface area contributed by atoms with Crippen molar-refractivity contribution in [2.24, 2.45) is 5.73 Å². The van der Waals surface area contributed by atoms with Gasteiger partial charge in [-0.2, -0.15) is 8.42 Å². The van der Waals surface area contributed by atoms with E-state index in [9.17, 15) is 13.5 Å². The molecule has 4 N–H and O–H groups in total. The average molecular weight is 397 g/mol. The topological polar surface area (TPSA) is 126 Å². The van der Waals surface area contributed by atoms with Crippen LogP contribution in [-0.4, -0.2) is 67.0 Å². The quantitative estimate of drug-likeness (QED) is 0.657. The molecule has 0 bridgehead atoms. The predicted octanol–water partition coefficient (Wildman–Crippen LogP) is 1.20. The van der Waals surface area contributed by atoms with Crippen molar-refractivity contribution in [3.8, 4) is 5.75 Å². The van der Waals surface area contributed by atoms with Gasteiger partial charge in [-0.15, -0.1) is 0 Å². The predicted molar refractivity (Wildman–Crippen MR) is 104 cm³/mol. The molecule has 2 aromatic rings. The Morgan fingerprint density at radius 2 is 1.96 bits per heavy atom.